The molecule has 0 atom stereocenters. The molecule has 2 aliphatic heterocycles. The van der Waals surface area contributed by atoms with Crippen LogP contribution in [0.5, 0.6) is 0 Å². The van der Waals surface area contributed by atoms with Gasteiger partial charge >= 0.3 is 12.1 Å². The quantitative estimate of drug-likeness (QED) is 0.864. The second-order valence-corrected chi connectivity index (χ2v) is 7.95. The summed E-state index contributed by atoms with van der Waals surface area (Å²) in [6, 6.07) is 9.59. The van der Waals surface area contributed by atoms with Gasteiger partial charge in [0.2, 0.25) is 0 Å². The van der Waals surface area contributed by atoms with E-state index < -0.39 is 5.97 Å². The van der Waals surface area contributed by atoms with Crippen LogP contribution in [0.4, 0.5) is 4.79 Å². The molecule has 1 aromatic carbocycles. The van der Waals surface area contributed by atoms with Gasteiger partial charge in [0.25, 0.3) is 0 Å². The number of aliphatic carboxylic acids is 1. The number of amides is 1. The number of hydrogen-bond donors (Lipinski definition) is 2. The predicted molar refractivity (Wildman–Crippen MR) is 88.4 cm³/mol. The summed E-state index contributed by atoms with van der Waals surface area (Å²) < 4.78 is 5.18. The van der Waals surface area contributed by atoms with Crippen LogP contribution in [0.15, 0.2) is 30.3 Å². The smallest absolute Gasteiger partial charge is 0.407 e. The van der Waals surface area contributed by atoms with Gasteiger partial charge in [-0.15, -0.1) is 0 Å². The third kappa shape index (κ3) is 3.80. The average Bonchev–Trinajstić information content (AvgIpc) is 2.55. The molecule has 2 bridgehead atoms. The minimum atomic E-state index is -0.734. The van der Waals surface area contributed by atoms with Crippen molar-refractivity contribution < 1.29 is 19.4 Å². The monoisotopic (exact) mass is 335 g/mol. The summed E-state index contributed by atoms with van der Waals surface area (Å²) in [6.07, 6.45) is 3.15. The van der Waals surface area contributed by atoms with Crippen molar-refractivity contribution in [1.29, 1.82) is 0 Å². The maximum atomic E-state index is 12.1. The zero-order chi connectivity index (χ0) is 16.3. The zero-order valence-corrected chi connectivity index (χ0v) is 13.7. The van der Waals surface area contributed by atoms with Gasteiger partial charge in [0.1, 0.15) is 6.61 Å². The summed E-state index contributed by atoms with van der Waals surface area (Å²) in [5.74, 6) is 0.0305. The first-order valence-electron chi connectivity index (χ1n) is 7.86. The molecule has 6 heteroatoms. The molecule has 2 N–H and O–H groups in total. The molecule has 0 radical (unpaired) electrons. The number of hydrogen-bond acceptors (Lipinski definition) is 4. The average molecular weight is 335 g/mol. The summed E-state index contributed by atoms with van der Waals surface area (Å²) in [7, 11) is 0. The Balaban J connectivity index is 1.51. The van der Waals surface area contributed by atoms with E-state index in [1.807, 2.05) is 30.3 Å². The van der Waals surface area contributed by atoms with E-state index in [4.69, 9.17) is 9.84 Å². The first kappa shape index (κ1) is 16.2. The second-order valence-electron chi connectivity index (χ2n) is 6.51. The number of carboxylic acid groups (broad SMARTS) is 1. The molecule has 1 aliphatic carbocycles. The van der Waals surface area contributed by atoms with E-state index in [0.29, 0.717) is 0 Å². The minimum absolute atomic E-state index is 0.136. The molecular weight excluding hydrogens is 314 g/mol. The van der Waals surface area contributed by atoms with E-state index in [0.717, 1.165) is 37.0 Å². The molecule has 1 saturated carbocycles. The van der Waals surface area contributed by atoms with Crippen LogP contribution in [-0.4, -0.2) is 33.2 Å². The molecule has 0 unspecified atom stereocenters. The Labute approximate surface area is 139 Å². The molecule has 2 heterocycles. The number of rotatable bonds is 5. The largest absolute Gasteiger partial charge is 0.481 e. The second kappa shape index (κ2) is 6.43. The third-order valence-corrected chi connectivity index (χ3v) is 6.69. The summed E-state index contributed by atoms with van der Waals surface area (Å²) in [6.45, 7) is 0.263. The van der Waals surface area contributed by atoms with Crippen LogP contribution in [-0.2, 0) is 16.1 Å². The number of alkyl carbamates (subject to hydrolysis) is 1. The fraction of sp³-hybridized carbons (Fsp3) is 0.529. The zero-order valence-electron chi connectivity index (χ0n) is 12.9. The van der Waals surface area contributed by atoms with Gasteiger partial charge < -0.3 is 15.2 Å². The van der Waals surface area contributed by atoms with Crippen LogP contribution in [0.25, 0.3) is 0 Å². The van der Waals surface area contributed by atoms with Crippen molar-refractivity contribution in [3.63, 3.8) is 0 Å². The standard InChI is InChI=1S/C17H21NO4S/c19-14(20)10-17-8-6-16(7-9-17,12-23-17)18-15(21)22-11-13-4-2-1-3-5-13/h1-5H,6-12H2,(H,18,21)(H,19,20). The number of thioether (sulfide) groups is 1. The van der Waals surface area contributed by atoms with Gasteiger partial charge in [-0.1, -0.05) is 30.3 Å². The van der Waals surface area contributed by atoms with E-state index >= 15 is 0 Å². The number of fused-ring (bicyclic) bond motifs is 3. The highest BCUT2D eigenvalue weighted by atomic mass is 32.2. The first-order valence-corrected chi connectivity index (χ1v) is 8.84. The Kier molecular flexibility index (Phi) is 4.53. The summed E-state index contributed by atoms with van der Waals surface area (Å²) in [4.78, 5) is 23.1. The minimum Gasteiger partial charge on any atom is -0.481 e. The molecule has 0 spiro atoms. The molecule has 1 amide bonds. The molecule has 3 fully saturated rings. The maximum Gasteiger partial charge on any atom is 0.407 e. The number of benzene rings is 1. The lowest BCUT2D eigenvalue weighted by atomic mass is 9.75. The summed E-state index contributed by atoms with van der Waals surface area (Å²) in [5.41, 5.74) is 0.723. The molecule has 3 aliphatic rings. The molecule has 4 rings (SSSR count). The lowest BCUT2D eigenvalue weighted by Crippen LogP contribution is -2.59. The van der Waals surface area contributed by atoms with Gasteiger partial charge in [-0.3, -0.25) is 4.79 Å². The lowest BCUT2D eigenvalue weighted by molar-refractivity contribution is -0.138. The van der Waals surface area contributed by atoms with Crippen molar-refractivity contribution in [3.05, 3.63) is 35.9 Å². The number of nitrogens with one attached hydrogen (secondary N) is 1. The predicted octanol–water partition coefficient (Wildman–Crippen LogP) is 3.19. The lowest BCUT2D eigenvalue weighted by Gasteiger charge is -2.52. The Bertz CT molecular complexity index is 565. The van der Waals surface area contributed by atoms with Gasteiger partial charge in [-0.05, 0) is 31.2 Å². The summed E-state index contributed by atoms with van der Waals surface area (Å²) >= 11 is 1.69. The molecule has 5 nitrogen and oxygen atoms in total. The van der Waals surface area contributed by atoms with Crippen molar-refractivity contribution in [2.24, 2.45) is 0 Å². The topological polar surface area (TPSA) is 75.6 Å². The highest BCUT2D eigenvalue weighted by molar-refractivity contribution is 8.00. The SMILES string of the molecule is O=C(O)CC12CCC(NC(=O)OCc3ccccc3)(CC1)CS2. The van der Waals surface area contributed by atoms with Crippen molar-refractivity contribution in [3.8, 4) is 0 Å². The summed E-state index contributed by atoms with van der Waals surface area (Å²) in [5, 5.41) is 12.1. The van der Waals surface area contributed by atoms with Crippen LogP contribution in [0.1, 0.15) is 37.7 Å². The van der Waals surface area contributed by atoms with Crippen LogP contribution in [0.3, 0.4) is 0 Å². The number of carboxylic acids is 1. The van der Waals surface area contributed by atoms with Gasteiger partial charge in [0.15, 0.2) is 0 Å². The fourth-order valence-corrected chi connectivity index (χ4v) is 5.07. The molecular formula is C17H21NO4S. The van der Waals surface area contributed by atoms with Crippen LogP contribution in [0.2, 0.25) is 0 Å². The van der Waals surface area contributed by atoms with Crippen molar-refractivity contribution in [2.45, 2.75) is 49.0 Å². The molecule has 124 valence electrons. The molecule has 23 heavy (non-hydrogen) atoms. The van der Waals surface area contributed by atoms with Crippen LogP contribution >= 0.6 is 11.8 Å². The third-order valence-electron chi connectivity index (χ3n) is 4.83. The van der Waals surface area contributed by atoms with Crippen molar-refractivity contribution in [1.82, 2.24) is 5.32 Å². The van der Waals surface area contributed by atoms with Gasteiger partial charge in [-0.25, -0.2) is 4.79 Å². The fourth-order valence-electron chi connectivity index (χ4n) is 3.40. The molecule has 1 aromatic rings. The number of carbonyl (C=O) groups is 2. The van der Waals surface area contributed by atoms with E-state index in [1.54, 1.807) is 11.8 Å². The Morgan fingerprint density at radius 3 is 2.43 bits per heavy atom. The van der Waals surface area contributed by atoms with Gasteiger partial charge in [0.05, 0.1) is 12.0 Å². The van der Waals surface area contributed by atoms with Gasteiger partial charge in [0, 0.05) is 10.5 Å². The Morgan fingerprint density at radius 1 is 1.17 bits per heavy atom. The highest BCUT2D eigenvalue weighted by Gasteiger charge is 2.50. The maximum absolute atomic E-state index is 12.1. The first-order chi connectivity index (χ1) is 11.0. The van der Waals surface area contributed by atoms with E-state index in [1.165, 1.54) is 0 Å². The van der Waals surface area contributed by atoms with Crippen molar-refractivity contribution in [2.75, 3.05) is 5.75 Å². The normalized spacial score (nSPS) is 29.0. The molecule has 2 saturated heterocycles. The van der Waals surface area contributed by atoms with Crippen LogP contribution < -0.4 is 5.32 Å². The number of carbonyl (C=O) groups excluding carboxylic acids is 1. The van der Waals surface area contributed by atoms with E-state index in [9.17, 15) is 9.59 Å². The van der Waals surface area contributed by atoms with Gasteiger partial charge in [-0.2, -0.15) is 11.8 Å². The molecule has 0 aromatic heterocycles. The van der Waals surface area contributed by atoms with Crippen molar-refractivity contribution >= 4 is 23.8 Å². The van der Waals surface area contributed by atoms with E-state index in [2.05, 4.69) is 5.32 Å². The van der Waals surface area contributed by atoms with Crippen LogP contribution in [0, 0.1) is 0 Å². The Morgan fingerprint density at radius 2 is 1.87 bits per heavy atom. The highest BCUT2D eigenvalue weighted by Crippen LogP contribution is 2.53. The Hall–Kier alpha value is -1.69. The number of ether oxygens (including phenoxy) is 1. The van der Waals surface area contributed by atoms with E-state index in [-0.39, 0.29) is 29.4 Å².